The summed E-state index contributed by atoms with van der Waals surface area (Å²) in [7, 11) is 0. The number of rotatable bonds is 4. The van der Waals surface area contributed by atoms with Crippen molar-refractivity contribution in [1.82, 2.24) is 4.98 Å². The van der Waals surface area contributed by atoms with Crippen LogP contribution in [0.25, 0.3) is 10.2 Å². The molecule has 4 nitrogen and oxygen atoms in total. The van der Waals surface area contributed by atoms with Gasteiger partial charge in [0.2, 0.25) is 5.91 Å². The summed E-state index contributed by atoms with van der Waals surface area (Å²) in [5.41, 5.74) is 6.56. The van der Waals surface area contributed by atoms with Crippen LogP contribution in [0, 0.1) is 0 Å². The van der Waals surface area contributed by atoms with Gasteiger partial charge < -0.3 is 11.1 Å². The lowest BCUT2D eigenvalue weighted by molar-refractivity contribution is -0.117. The number of nitrogens with zero attached hydrogens (tertiary/aromatic N) is 1. The number of nitrogens with two attached hydrogens (primary N) is 1. The number of hydrogen-bond donors (Lipinski definition) is 2. The lowest BCUT2D eigenvalue weighted by Gasteiger charge is -2.08. The monoisotopic (exact) mass is 283 g/mol. The summed E-state index contributed by atoms with van der Waals surface area (Å²) in [6.45, 7) is 1.99. The van der Waals surface area contributed by atoms with Crippen LogP contribution in [0.4, 0.5) is 5.13 Å². The molecule has 3 N–H and O–H groups in total. The van der Waals surface area contributed by atoms with Crippen LogP contribution in [-0.2, 0) is 4.79 Å². The van der Waals surface area contributed by atoms with Crippen molar-refractivity contribution in [2.24, 2.45) is 5.73 Å². The molecule has 0 saturated carbocycles. The van der Waals surface area contributed by atoms with Crippen LogP contribution >= 0.6 is 22.9 Å². The topological polar surface area (TPSA) is 68.0 Å². The number of halogens is 1. The van der Waals surface area contributed by atoms with E-state index in [2.05, 4.69) is 10.3 Å². The highest BCUT2D eigenvalue weighted by molar-refractivity contribution is 7.22. The molecule has 0 saturated heterocycles. The molecule has 2 aromatic rings. The minimum Gasteiger partial charge on any atom is -0.320 e. The predicted octanol–water partition coefficient (Wildman–Crippen LogP) is 3.02. The number of carbonyl (C=O) groups is 1. The molecule has 0 spiro atoms. The Kier molecular flexibility index (Phi) is 4.16. The van der Waals surface area contributed by atoms with Crippen LogP contribution in [0.5, 0.6) is 0 Å². The summed E-state index contributed by atoms with van der Waals surface area (Å²) in [4.78, 5) is 16.1. The van der Waals surface area contributed by atoms with Gasteiger partial charge in [-0.05, 0) is 24.6 Å². The maximum Gasteiger partial charge on any atom is 0.243 e. The van der Waals surface area contributed by atoms with Gasteiger partial charge >= 0.3 is 0 Å². The van der Waals surface area contributed by atoms with E-state index in [1.807, 2.05) is 19.1 Å². The molecule has 0 aliphatic heterocycles. The van der Waals surface area contributed by atoms with Crippen molar-refractivity contribution in [2.75, 3.05) is 5.32 Å². The van der Waals surface area contributed by atoms with Crippen molar-refractivity contribution in [2.45, 2.75) is 25.8 Å². The van der Waals surface area contributed by atoms with E-state index in [1.54, 1.807) is 6.07 Å². The van der Waals surface area contributed by atoms with Gasteiger partial charge in [0.25, 0.3) is 0 Å². The molecule has 1 atom stereocenters. The molecule has 0 bridgehead atoms. The van der Waals surface area contributed by atoms with Crippen molar-refractivity contribution in [1.29, 1.82) is 0 Å². The lowest BCUT2D eigenvalue weighted by atomic mass is 10.2. The Labute approximate surface area is 114 Å². The minimum absolute atomic E-state index is 0.193. The summed E-state index contributed by atoms with van der Waals surface area (Å²) in [6.07, 6.45) is 1.55. The second-order valence-corrected chi connectivity index (χ2v) is 5.48. The van der Waals surface area contributed by atoms with Gasteiger partial charge in [0.15, 0.2) is 5.13 Å². The minimum atomic E-state index is -0.481. The first-order valence-corrected chi connectivity index (χ1v) is 6.92. The van der Waals surface area contributed by atoms with Crippen LogP contribution in [0.1, 0.15) is 19.8 Å². The molecule has 1 aromatic heterocycles. The number of fused-ring (bicyclic) bond motifs is 1. The van der Waals surface area contributed by atoms with Crippen molar-refractivity contribution >= 4 is 44.2 Å². The summed E-state index contributed by atoms with van der Waals surface area (Å²) < 4.78 is 0.946. The van der Waals surface area contributed by atoms with Crippen LogP contribution in [-0.4, -0.2) is 16.9 Å². The van der Waals surface area contributed by atoms with Gasteiger partial charge in [-0.2, -0.15) is 0 Å². The third kappa shape index (κ3) is 2.98. The van der Waals surface area contributed by atoms with Gasteiger partial charge in [0, 0.05) is 5.02 Å². The second-order valence-electron chi connectivity index (χ2n) is 4.02. The maximum absolute atomic E-state index is 11.8. The van der Waals surface area contributed by atoms with Crippen LogP contribution in [0.15, 0.2) is 18.2 Å². The average molecular weight is 284 g/mol. The fourth-order valence-electron chi connectivity index (χ4n) is 1.59. The van der Waals surface area contributed by atoms with Gasteiger partial charge in [-0.3, -0.25) is 4.79 Å². The Bertz CT molecular complexity index is 569. The first kappa shape index (κ1) is 13.3. The molecule has 6 heteroatoms. The molecule has 18 heavy (non-hydrogen) atoms. The zero-order valence-electron chi connectivity index (χ0n) is 9.94. The summed E-state index contributed by atoms with van der Waals surface area (Å²) in [5, 5.41) is 3.95. The fraction of sp³-hybridized carbons (Fsp3) is 0.333. The molecule has 0 aliphatic carbocycles. The largest absolute Gasteiger partial charge is 0.320 e. The molecule has 96 valence electrons. The van der Waals surface area contributed by atoms with Gasteiger partial charge in [-0.15, -0.1) is 0 Å². The van der Waals surface area contributed by atoms with Crippen molar-refractivity contribution < 1.29 is 4.79 Å². The molecule has 0 unspecified atom stereocenters. The van der Waals surface area contributed by atoms with Crippen LogP contribution in [0.3, 0.4) is 0 Å². The van der Waals surface area contributed by atoms with E-state index >= 15 is 0 Å². The summed E-state index contributed by atoms with van der Waals surface area (Å²) in [5.74, 6) is -0.193. The molecule has 0 radical (unpaired) electrons. The number of thiazole rings is 1. The number of anilines is 1. The quantitative estimate of drug-likeness (QED) is 0.906. The fourth-order valence-corrected chi connectivity index (χ4v) is 2.74. The highest BCUT2D eigenvalue weighted by Crippen LogP contribution is 2.28. The first-order valence-electron chi connectivity index (χ1n) is 5.72. The lowest BCUT2D eigenvalue weighted by Crippen LogP contribution is -2.35. The van der Waals surface area contributed by atoms with Crippen LogP contribution < -0.4 is 11.1 Å². The molecule has 1 heterocycles. The van der Waals surface area contributed by atoms with E-state index in [4.69, 9.17) is 17.3 Å². The number of amides is 1. The van der Waals surface area contributed by atoms with Gasteiger partial charge in [0.05, 0.1) is 16.3 Å². The van der Waals surface area contributed by atoms with Crippen LogP contribution in [0.2, 0.25) is 5.02 Å². The molecular formula is C12H14ClN3OS. The van der Waals surface area contributed by atoms with E-state index in [0.29, 0.717) is 16.6 Å². The Morgan fingerprint density at radius 2 is 2.39 bits per heavy atom. The number of hydrogen-bond acceptors (Lipinski definition) is 4. The van der Waals surface area contributed by atoms with Crippen molar-refractivity contribution in [3.05, 3.63) is 23.2 Å². The van der Waals surface area contributed by atoms with Crippen molar-refractivity contribution in [3.63, 3.8) is 0 Å². The van der Waals surface area contributed by atoms with E-state index in [9.17, 15) is 4.79 Å². The average Bonchev–Trinajstić information content (AvgIpc) is 2.70. The standard InChI is InChI=1S/C12H14ClN3OS/c1-2-3-8(14)11(17)16-12-15-9-5-4-7(13)6-10(9)18-12/h4-6,8H,2-3,14H2,1H3,(H,15,16,17)/t8-/m0/s1. The number of aromatic nitrogens is 1. The molecule has 1 amide bonds. The van der Waals surface area contributed by atoms with Gasteiger partial charge in [-0.1, -0.05) is 36.3 Å². The van der Waals surface area contributed by atoms with Gasteiger partial charge in [0.1, 0.15) is 0 Å². The molecule has 2 rings (SSSR count). The predicted molar refractivity (Wildman–Crippen MR) is 76.1 cm³/mol. The maximum atomic E-state index is 11.8. The summed E-state index contributed by atoms with van der Waals surface area (Å²) in [6, 6.07) is 4.95. The third-order valence-electron chi connectivity index (χ3n) is 2.52. The molecule has 1 aromatic carbocycles. The highest BCUT2D eigenvalue weighted by Gasteiger charge is 2.14. The Morgan fingerprint density at radius 1 is 1.61 bits per heavy atom. The van der Waals surface area contributed by atoms with Gasteiger partial charge in [-0.25, -0.2) is 4.98 Å². The third-order valence-corrected chi connectivity index (χ3v) is 3.69. The normalized spacial score (nSPS) is 12.6. The Balaban J connectivity index is 2.14. The van der Waals surface area contributed by atoms with E-state index in [0.717, 1.165) is 16.6 Å². The second kappa shape index (κ2) is 5.65. The number of benzene rings is 1. The zero-order chi connectivity index (χ0) is 13.1. The molecular weight excluding hydrogens is 270 g/mol. The number of nitrogens with one attached hydrogen (secondary N) is 1. The SMILES string of the molecule is CCC[C@H](N)C(=O)Nc1nc2ccc(Cl)cc2s1. The summed E-state index contributed by atoms with van der Waals surface area (Å²) >= 11 is 7.29. The highest BCUT2D eigenvalue weighted by atomic mass is 35.5. The molecule has 0 aliphatic rings. The van der Waals surface area contributed by atoms with E-state index < -0.39 is 6.04 Å². The zero-order valence-corrected chi connectivity index (χ0v) is 11.5. The molecule has 0 fully saturated rings. The van der Waals surface area contributed by atoms with E-state index in [-0.39, 0.29) is 5.91 Å². The first-order chi connectivity index (χ1) is 8.60. The van der Waals surface area contributed by atoms with Crippen molar-refractivity contribution in [3.8, 4) is 0 Å². The Hall–Kier alpha value is -1.17. The number of carbonyl (C=O) groups excluding carboxylic acids is 1. The van der Waals surface area contributed by atoms with E-state index in [1.165, 1.54) is 11.3 Å². The Morgan fingerprint density at radius 3 is 3.11 bits per heavy atom. The smallest absolute Gasteiger partial charge is 0.243 e.